The van der Waals surface area contributed by atoms with E-state index in [1.165, 1.54) is 6.20 Å². The Balaban J connectivity index is 1.84. The van der Waals surface area contributed by atoms with Crippen molar-refractivity contribution in [1.82, 2.24) is 14.7 Å². The van der Waals surface area contributed by atoms with Crippen LogP contribution in [-0.4, -0.2) is 48.7 Å². The van der Waals surface area contributed by atoms with E-state index in [1.54, 1.807) is 18.3 Å². The number of fused-ring (bicyclic) bond motifs is 1. The molecule has 124 valence electrons. The van der Waals surface area contributed by atoms with Crippen LogP contribution in [0.25, 0.3) is 11.0 Å². The van der Waals surface area contributed by atoms with Gasteiger partial charge in [0.25, 0.3) is 0 Å². The number of hydrogen-bond donors (Lipinski definition) is 3. The molecule has 2 unspecified atom stereocenters. The number of aliphatic carboxylic acids is 1. The molecule has 0 radical (unpaired) electrons. The number of nitrogens with zero attached hydrogens (tertiary/aromatic N) is 1. The lowest BCUT2D eigenvalue weighted by Gasteiger charge is -2.17. The second-order valence-corrected chi connectivity index (χ2v) is 7.21. The SMILES string of the molecule is O=C(O)C(CC1CCOC1)NS(=O)(=O)c1c[nH]c2ncccc12. The predicted molar refractivity (Wildman–Crippen MR) is 81.4 cm³/mol. The summed E-state index contributed by atoms with van der Waals surface area (Å²) in [7, 11) is -3.97. The van der Waals surface area contributed by atoms with Gasteiger partial charge < -0.3 is 14.8 Å². The standard InChI is InChI=1S/C14H17N3O5S/c18-14(19)11(6-9-3-5-22-8-9)17-23(20,21)12-7-16-13-10(12)2-1-4-15-13/h1-2,4,7,9,11,17H,3,5-6,8H2,(H,15,16)(H,18,19). The molecule has 0 aliphatic carbocycles. The van der Waals surface area contributed by atoms with E-state index in [0.29, 0.717) is 24.2 Å². The van der Waals surface area contributed by atoms with E-state index in [0.717, 1.165) is 6.42 Å². The van der Waals surface area contributed by atoms with Gasteiger partial charge in [0, 0.05) is 31.0 Å². The van der Waals surface area contributed by atoms with Crippen LogP contribution in [0.15, 0.2) is 29.4 Å². The first-order valence-electron chi connectivity index (χ1n) is 7.22. The molecule has 3 heterocycles. The molecule has 1 aliphatic rings. The fraction of sp³-hybridized carbons (Fsp3) is 0.429. The Morgan fingerprint density at radius 2 is 2.39 bits per heavy atom. The van der Waals surface area contributed by atoms with E-state index in [9.17, 15) is 18.3 Å². The van der Waals surface area contributed by atoms with Crippen molar-refractivity contribution >= 4 is 27.0 Å². The van der Waals surface area contributed by atoms with E-state index in [4.69, 9.17) is 4.74 Å². The molecule has 0 saturated carbocycles. The largest absolute Gasteiger partial charge is 0.480 e. The normalized spacial score (nSPS) is 19.9. The number of nitrogens with one attached hydrogen (secondary N) is 2. The number of hydrogen-bond acceptors (Lipinski definition) is 5. The summed E-state index contributed by atoms with van der Waals surface area (Å²) in [5, 5.41) is 9.74. The Morgan fingerprint density at radius 1 is 1.57 bits per heavy atom. The van der Waals surface area contributed by atoms with Crippen LogP contribution < -0.4 is 4.72 Å². The highest BCUT2D eigenvalue weighted by atomic mass is 32.2. The van der Waals surface area contributed by atoms with Gasteiger partial charge in [0.05, 0.1) is 0 Å². The Bertz CT molecular complexity index is 811. The van der Waals surface area contributed by atoms with Crippen LogP contribution in [0.5, 0.6) is 0 Å². The third kappa shape index (κ3) is 3.36. The first-order valence-corrected chi connectivity index (χ1v) is 8.70. The summed E-state index contributed by atoms with van der Waals surface area (Å²) in [5.41, 5.74) is 0.434. The third-order valence-corrected chi connectivity index (χ3v) is 5.40. The minimum absolute atomic E-state index is 0.00507. The van der Waals surface area contributed by atoms with E-state index >= 15 is 0 Å². The first-order chi connectivity index (χ1) is 11.0. The highest BCUT2D eigenvalue weighted by Crippen LogP contribution is 2.23. The fourth-order valence-electron chi connectivity index (χ4n) is 2.71. The maximum absolute atomic E-state index is 12.5. The van der Waals surface area contributed by atoms with Gasteiger partial charge in [0.1, 0.15) is 16.6 Å². The van der Waals surface area contributed by atoms with E-state index < -0.39 is 22.0 Å². The van der Waals surface area contributed by atoms with Gasteiger partial charge in [0.2, 0.25) is 10.0 Å². The summed E-state index contributed by atoms with van der Waals surface area (Å²) >= 11 is 0. The molecule has 3 rings (SSSR count). The number of carboxylic acids is 1. The molecular formula is C14H17N3O5S. The number of carbonyl (C=O) groups is 1. The van der Waals surface area contributed by atoms with Gasteiger partial charge in [-0.25, -0.2) is 13.4 Å². The predicted octanol–water partition coefficient (Wildman–Crippen LogP) is 0.721. The summed E-state index contributed by atoms with van der Waals surface area (Å²) < 4.78 is 32.6. The maximum Gasteiger partial charge on any atom is 0.321 e. The number of aromatic amines is 1. The Hall–Kier alpha value is -1.97. The van der Waals surface area contributed by atoms with E-state index in [1.807, 2.05) is 0 Å². The van der Waals surface area contributed by atoms with Crippen LogP contribution in [0, 0.1) is 5.92 Å². The number of ether oxygens (including phenoxy) is 1. The van der Waals surface area contributed by atoms with Gasteiger partial charge in [-0.05, 0) is 30.9 Å². The van der Waals surface area contributed by atoms with Gasteiger partial charge in [0.15, 0.2) is 0 Å². The zero-order valence-corrected chi connectivity index (χ0v) is 13.0. The van der Waals surface area contributed by atoms with Gasteiger partial charge >= 0.3 is 5.97 Å². The van der Waals surface area contributed by atoms with Crippen molar-refractivity contribution in [2.45, 2.75) is 23.8 Å². The number of H-pyrrole nitrogens is 1. The van der Waals surface area contributed by atoms with Gasteiger partial charge in [-0.15, -0.1) is 0 Å². The third-order valence-electron chi connectivity index (χ3n) is 3.89. The van der Waals surface area contributed by atoms with Gasteiger partial charge in [-0.2, -0.15) is 4.72 Å². The minimum Gasteiger partial charge on any atom is -0.480 e. The Labute approximate surface area is 132 Å². The minimum atomic E-state index is -3.97. The van der Waals surface area contributed by atoms with Crippen molar-refractivity contribution in [3.63, 3.8) is 0 Å². The number of pyridine rings is 1. The quantitative estimate of drug-likeness (QED) is 0.713. The van der Waals surface area contributed by atoms with Crippen LogP contribution >= 0.6 is 0 Å². The molecule has 0 bridgehead atoms. The summed E-state index contributed by atoms with van der Waals surface area (Å²) in [6.07, 6.45) is 3.80. The first kappa shape index (κ1) is 15.9. The zero-order chi connectivity index (χ0) is 16.4. The van der Waals surface area contributed by atoms with Gasteiger partial charge in [-0.3, -0.25) is 4.79 Å². The highest BCUT2D eigenvalue weighted by Gasteiger charge is 2.30. The van der Waals surface area contributed by atoms with Crippen molar-refractivity contribution in [3.05, 3.63) is 24.5 Å². The molecule has 2 atom stereocenters. The van der Waals surface area contributed by atoms with Crippen molar-refractivity contribution in [2.75, 3.05) is 13.2 Å². The Kier molecular flexibility index (Phi) is 4.33. The summed E-state index contributed by atoms with van der Waals surface area (Å²) in [6.45, 7) is 1.04. The lowest BCUT2D eigenvalue weighted by molar-refractivity contribution is -0.139. The molecule has 8 nitrogen and oxygen atoms in total. The molecule has 1 aliphatic heterocycles. The smallest absolute Gasteiger partial charge is 0.321 e. The average molecular weight is 339 g/mol. The van der Waals surface area contributed by atoms with E-state index in [-0.39, 0.29) is 17.2 Å². The molecule has 0 aromatic carbocycles. The van der Waals surface area contributed by atoms with E-state index in [2.05, 4.69) is 14.7 Å². The number of rotatable bonds is 6. The molecule has 2 aromatic rings. The molecule has 0 spiro atoms. The topological polar surface area (TPSA) is 121 Å². The lowest BCUT2D eigenvalue weighted by atomic mass is 10.00. The highest BCUT2D eigenvalue weighted by molar-refractivity contribution is 7.89. The van der Waals surface area contributed by atoms with Crippen molar-refractivity contribution in [3.8, 4) is 0 Å². The summed E-state index contributed by atoms with van der Waals surface area (Å²) in [5.74, 6) is -1.15. The molecule has 0 amide bonds. The second kappa shape index (κ2) is 6.26. The summed E-state index contributed by atoms with van der Waals surface area (Å²) in [4.78, 5) is 18.2. The van der Waals surface area contributed by atoms with Crippen LogP contribution in [0.4, 0.5) is 0 Å². The van der Waals surface area contributed by atoms with Crippen LogP contribution in [0.3, 0.4) is 0 Å². The molecule has 1 saturated heterocycles. The van der Waals surface area contributed by atoms with Crippen LogP contribution in [0.2, 0.25) is 0 Å². The fourth-order valence-corrected chi connectivity index (χ4v) is 4.07. The molecule has 2 aromatic heterocycles. The number of aromatic nitrogens is 2. The molecule has 9 heteroatoms. The summed E-state index contributed by atoms with van der Waals surface area (Å²) in [6, 6.07) is 2.06. The Morgan fingerprint density at radius 3 is 3.09 bits per heavy atom. The molecule has 23 heavy (non-hydrogen) atoms. The number of carboxylic acid groups (broad SMARTS) is 1. The maximum atomic E-state index is 12.5. The zero-order valence-electron chi connectivity index (χ0n) is 12.2. The van der Waals surface area contributed by atoms with Crippen molar-refractivity contribution in [1.29, 1.82) is 0 Å². The monoisotopic (exact) mass is 339 g/mol. The van der Waals surface area contributed by atoms with Gasteiger partial charge in [-0.1, -0.05) is 0 Å². The molecule has 1 fully saturated rings. The lowest BCUT2D eigenvalue weighted by Crippen LogP contribution is -2.42. The van der Waals surface area contributed by atoms with Crippen LogP contribution in [-0.2, 0) is 19.6 Å². The second-order valence-electron chi connectivity index (χ2n) is 5.53. The average Bonchev–Trinajstić information content (AvgIpc) is 3.15. The molecular weight excluding hydrogens is 322 g/mol. The van der Waals surface area contributed by atoms with Crippen molar-refractivity contribution < 1.29 is 23.1 Å². The number of sulfonamides is 1. The van der Waals surface area contributed by atoms with Crippen LogP contribution in [0.1, 0.15) is 12.8 Å². The van der Waals surface area contributed by atoms with Crippen molar-refractivity contribution in [2.24, 2.45) is 5.92 Å². The molecule has 3 N–H and O–H groups in total.